The molecule has 0 aliphatic rings. The van der Waals surface area contributed by atoms with Crippen molar-refractivity contribution in [3.8, 4) is 6.07 Å². The third-order valence-corrected chi connectivity index (χ3v) is 2.75. The molecule has 0 aliphatic carbocycles. The van der Waals surface area contributed by atoms with E-state index < -0.39 is 0 Å². The lowest BCUT2D eigenvalue weighted by Crippen LogP contribution is -2.11. The normalized spacial score (nSPS) is 9.74. The zero-order chi connectivity index (χ0) is 13.8. The van der Waals surface area contributed by atoms with Crippen LogP contribution in [0.5, 0.6) is 0 Å². The fourth-order valence-corrected chi connectivity index (χ4v) is 1.77. The summed E-state index contributed by atoms with van der Waals surface area (Å²) in [6.07, 6.45) is 1.56. The molecule has 0 spiro atoms. The molecule has 0 fully saturated rings. The largest absolute Gasteiger partial charge is 0.395 e. The fourth-order valence-electron chi connectivity index (χ4n) is 1.77. The van der Waals surface area contributed by atoms with Crippen molar-refractivity contribution in [2.75, 3.05) is 30.0 Å². The maximum atomic E-state index is 8.96. The molecule has 0 amide bonds. The van der Waals surface area contributed by atoms with Crippen LogP contribution in [0.25, 0.3) is 0 Å². The number of anilines is 4. The number of nitriles is 1. The van der Waals surface area contributed by atoms with E-state index in [1.165, 1.54) is 0 Å². The van der Waals surface area contributed by atoms with Gasteiger partial charge in [0.25, 0.3) is 0 Å². The van der Waals surface area contributed by atoms with Crippen LogP contribution in [0, 0.1) is 11.3 Å². The summed E-state index contributed by atoms with van der Waals surface area (Å²) in [5, 5.41) is 12.1. The molecule has 0 radical (unpaired) electrons. The van der Waals surface area contributed by atoms with Crippen LogP contribution in [0.4, 0.5) is 22.9 Å². The minimum atomic E-state index is 0.360. The number of pyridine rings is 1. The minimum Gasteiger partial charge on any atom is -0.395 e. The summed E-state index contributed by atoms with van der Waals surface area (Å²) in [7, 11) is 3.92. The van der Waals surface area contributed by atoms with Crippen LogP contribution in [-0.4, -0.2) is 19.1 Å². The number of aromatic nitrogens is 1. The number of hydrogen-bond acceptors (Lipinski definition) is 5. The summed E-state index contributed by atoms with van der Waals surface area (Å²) < 4.78 is 0. The van der Waals surface area contributed by atoms with Crippen molar-refractivity contribution in [1.82, 2.24) is 4.98 Å². The van der Waals surface area contributed by atoms with Gasteiger partial charge >= 0.3 is 0 Å². The van der Waals surface area contributed by atoms with Gasteiger partial charge < -0.3 is 16.0 Å². The zero-order valence-electron chi connectivity index (χ0n) is 10.9. The molecule has 0 saturated heterocycles. The molecule has 0 aliphatic heterocycles. The smallest absolute Gasteiger partial charge is 0.155 e. The zero-order valence-corrected chi connectivity index (χ0v) is 10.9. The van der Waals surface area contributed by atoms with Crippen molar-refractivity contribution in [3.63, 3.8) is 0 Å². The van der Waals surface area contributed by atoms with Crippen molar-refractivity contribution in [3.05, 3.63) is 42.1 Å². The lowest BCUT2D eigenvalue weighted by molar-refractivity contribution is 1.13. The van der Waals surface area contributed by atoms with E-state index in [4.69, 9.17) is 11.0 Å². The van der Waals surface area contributed by atoms with Crippen molar-refractivity contribution in [2.45, 2.75) is 0 Å². The molecule has 2 rings (SSSR count). The topological polar surface area (TPSA) is 78.0 Å². The Kier molecular flexibility index (Phi) is 3.53. The van der Waals surface area contributed by atoms with Gasteiger partial charge in [-0.3, -0.25) is 0 Å². The maximum absolute atomic E-state index is 8.96. The molecule has 0 bridgehead atoms. The van der Waals surface area contributed by atoms with E-state index in [0.29, 0.717) is 17.1 Å². The van der Waals surface area contributed by atoms with E-state index in [1.807, 2.05) is 49.3 Å². The minimum absolute atomic E-state index is 0.360. The Labute approximate surface area is 112 Å². The highest BCUT2D eigenvalue weighted by Crippen LogP contribution is 2.29. The Balaban J connectivity index is 2.40. The van der Waals surface area contributed by atoms with Crippen LogP contribution in [0.15, 0.2) is 36.5 Å². The Hall–Kier alpha value is -2.74. The number of nitrogens with two attached hydrogens (primary N) is 1. The highest BCUT2D eigenvalue weighted by atomic mass is 15.1. The van der Waals surface area contributed by atoms with Gasteiger partial charge in [-0.15, -0.1) is 0 Å². The second kappa shape index (κ2) is 5.27. The number of benzene rings is 1. The average molecular weight is 253 g/mol. The van der Waals surface area contributed by atoms with Gasteiger partial charge in [-0.25, -0.2) is 4.98 Å². The van der Waals surface area contributed by atoms with E-state index in [1.54, 1.807) is 12.3 Å². The van der Waals surface area contributed by atoms with Gasteiger partial charge in [0, 0.05) is 20.3 Å². The van der Waals surface area contributed by atoms with Crippen molar-refractivity contribution >= 4 is 22.9 Å². The molecular formula is C14H15N5. The SMILES string of the molecule is CN(C)c1ccccc1Nc1nccc(C#N)c1N. The van der Waals surface area contributed by atoms with Crippen molar-refractivity contribution in [1.29, 1.82) is 5.26 Å². The third-order valence-electron chi connectivity index (χ3n) is 2.75. The molecule has 3 N–H and O–H groups in total. The Morgan fingerprint density at radius 1 is 1.26 bits per heavy atom. The van der Waals surface area contributed by atoms with Crippen LogP contribution in [-0.2, 0) is 0 Å². The van der Waals surface area contributed by atoms with Crippen molar-refractivity contribution < 1.29 is 0 Å². The first-order chi connectivity index (χ1) is 9.13. The number of nitrogens with one attached hydrogen (secondary N) is 1. The summed E-state index contributed by atoms with van der Waals surface area (Å²) in [6.45, 7) is 0. The maximum Gasteiger partial charge on any atom is 0.155 e. The fraction of sp³-hybridized carbons (Fsp3) is 0.143. The molecule has 5 nitrogen and oxygen atoms in total. The van der Waals surface area contributed by atoms with Gasteiger partial charge in [-0.2, -0.15) is 5.26 Å². The molecule has 1 heterocycles. The molecule has 1 aromatic heterocycles. The molecule has 0 unspecified atom stereocenters. The van der Waals surface area contributed by atoms with E-state index in [-0.39, 0.29) is 0 Å². The molecule has 0 atom stereocenters. The molecule has 1 aromatic carbocycles. The van der Waals surface area contributed by atoms with Crippen LogP contribution in [0.2, 0.25) is 0 Å². The van der Waals surface area contributed by atoms with Gasteiger partial charge in [-0.05, 0) is 18.2 Å². The lowest BCUT2D eigenvalue weighted by Gasteiger charge is -2.18. The summed E-state index contributed by atoms with van der Waals surface area (Å²) in [4.78, 5) is 6.17. The van der Waals surface area contributed by atoms with Gasteiger partial charge in [0.1, 0.15) is 6.07 Å². The standard InChI is InChI=1S/C14H15N5/c1-19(2)12-6-4-3-5-11(12)18-14-13(16)10(9-15)7-8-17-14/h3-8H,16H2,1-2H3,(H,17,18). The van der Waals surface area contributed by atoms with Crippen LogP contribution >= 0.6 is 0 Å². The molecular weight excluding hydrogens is 238 g/mol. The number of rotatable bonds is 3. The molecule has 2 aromatic rings. The molecule has 96 valence electrons. The average Bonchev–Trinajstić information content (AvgIpc) is 2.41. The van der Waals surface area contributed by atoms with Gasteiger partial charge in [0.05, 0.1) is 22.6 Å². The van der Waals surface area contributed by atoms with Crippen LogP contribution < -0.4 is 16.0 Å². The summed E-state index contributed by atoms with van der Waals surface area (Å²) >= 11 is 0. The Bertz CT molecular complexity index is 628. The first-order valence-corrected chi connectivity index (χ1v) is 5.81. The molecule has 5 heteroatoms. The Morgan fingerprint density at radius 3 is 2.68 bits per heavy atom. The summed E-state index contributed by atoms with van der Waals surface area (Å²) in [5.41, 5.74) is 8.59. The predicted molar refractivity (Wildman–Crippen MR) is 77.4 cm³/mol. The van der Waals surface area contributed by atoms with Crippen molar-refractivity contribution in [2.24, 2.45) is 0 Å². The van der Waals surface area contributed by atoms with Crippen LogP contribution in [0.1, 0.15) is 5.56 Å². The monoisotopic (exact) mass is 253 g/mol. The lowest BCUT2D eigenvalue weighted by atomic mass is 10.2. The summed E-state index contributed by atoms with van der Waals surface area (Å²) in [5.74, 6) is 0.494. The number of nitrogen functional groups attached to an aromatic ring is 1. The van der Waals surface area contributed by atoms with Gasteiger partial charge in [0.2, 0.25) is 0 Å². The highest BCUT2D eigenvalue weighted by Gasteiger charge is 2.09. The number of nitrogens with zero attached hydrogens (tertiary/aromatic N) is 3. The molecule has 19 heavy (non-hydrogen) atoms. The quantitative estimate of drug-likeness (QED) is 0.877. The number of hydrogen-bond donors (Lipinski definition) is 2. The van der Waals surface area contributed by atoms with Crippen LogP contribution in [0.3, 0.4) is 0 Å². The highest BCUT2D eigenvalue weighted by molar-refractivity contribution is 5.79. The summed E-state index contributed by atoms with van der Waals surface area (Å²) in [6, 6.07) is 11.5. The second-order valence-corrected chi connectivity index (χ2v) is 4.27. The number of para-hydroxylation sites is 2. The predicted octanol–water partition coefficient (Wildman–Crippen LogP) is 2.35. The van der Waals surface area contributed by atoms with E-state index in [2.05, 4.69) is 10.3 Å². The molecule has 0 saturated carbocycles. The van der Waals surface area contributed by atoms with Gasteiger partial charge in [-0.1, -0.05) is 12.1 Å². The first kappa shape index (κ1) is 12.7. The van der Waals surface area contributed by atoms with Gasteiger partial charge in [0.15, 0.2) is 5.82 Å². The van der Waals surface area contributed by atoms with E-state index in [0.717, 1.165) is 11.4 Å². The Morgan fingerprint density at radius 2 is 2.00 bits per heavy atom. The van der Waals surface area contributed by atoms with E-state index >= 15 is 0 Å². The second-order valence-electron chi connectivity index (χ2n) is 4.27. The third kappa shape index (κ3) is 2.58. The first-order valence-electron chi connectivity index (χ1n) is 5.81. The van der Waals surface area contributed by atoms with E-state index in [9.17, 15) is 0 Å².